The fourth-order valence-corrected chi connectivity index (χ4v) is 2.25. The van der Waals surface area contributed by atoms with Crippen LogP contribution in [0, 0.1) is 11.8 Å². The summed E-state index contributed by atoms with van der Waals surface area (Å²) in [5, 5.41) is 2.89. The Kier molecular flexibility index (Phi) is 5.63. The number of likely N-dealkylation sites (tertiary alicyclic amines) is 1. The molecule has 0 aromatic rings. The molecular formula is C14H26N2O2. The maximum absolute atomic E-state index is 12.3. The van der Waals surface area contributed by atoms with Gasteiger partial charge in [-0.25, -0.2) is 0 Å². The summed E-state index contributed by atoms with van der Waals surface area (Å²) >= 11 is 0. The van der Waals surface area contributed by atoms with Crippen LogP contribution in [0.25, 0.3) is 0 Å². The van der Waals surface area contributed by atoms with Crippen LogP contribution in [0.5, 0.6) is 0 Å². The average molecular weight is 254 g/mol. The summed E-state index contributed by atoms with van der Waals surface area (Å²) in [7, 11) is 0. The summed E-state index contributed by atoms with van der Waals surface area (Å²) in [5.74, 6) is 0.518. The van der Waals surface area contributed by atoms with Crippen LogP contribution in [-0.2, 0) is 9.59 Å². The number of amides is 2. The van der Waals surface area contributed by atoms with Crippen molar-refractivity contribution in [1.82, 2.24) is 10.2 Å². The zero-order chi connectivity index (χ0) is 13.7. The predicted molar refractivity (Wildman–Crippen MR) is 72.0 cm³/mol. The average Bonchev–Trinajstić information content (AvgIpc) is 2.76. The van der Waals surface area contributed by atoms with E-state index in [0.717, 1.165) is 25.9 Å². The van der Waals surface area contributed by atoms with Crippen LogP contribution in [0.1, 0.15) is 47.0 Å². The van der Waals surface area contributed by atoms with Gasteiger partial charge in [0.15, 0.2) is 0 Å². The minimum atomic E-state index is -0.366. The largest absolute Gasteiger partial charge is 0.344 e. The van der Waals surface area contributed by atoms with Gasteiger partial charge in [-0.2, -0.15) is 0 Å². The monoisotopic (exact) mass is 254 g/mol. The second-order valence-electron chi connectivity index (χ2n) is 5.92. The molecule has 1 N–H and O–H groups in total. The van der Waals surface area contributed by atoms with Gasteiger partial charge in [-0.05, 0) is 24.7 Å². The number of carbonyl (C=O) groups is 2. The molecule has 1 heterocycles. The van der Waals surface area contributed by atoms with Gasteiger partial charge in [-0.15, -0.1) is 0 Å². The Morgan fingerprint density at radius 2 is 1.67 bits per heavy atom. The van der Waals surface area contributed by atoms with E-state index in [1.165, 1.54) is 0 Å². The Labute approximate surface area is 110 Å². The first kappa shape index (κ1) is 15.0. The van der Waals surface area contributed by atoms with Crippen LogP contribution in [-0.4, -0.2) is 35.8 Å². The third-order valence-corrected chi connectivity index (χ3v) is 3.26. The normalized spacial score (nSPS) is 17.3. The van der Waals surface area contributed by atoms with E-state index in [1.807, 2.05) is 32.6 Å². The van der Waals surface area contributed by atoms with Crippen LogP contribution < -0.4 is 5.32 Å². The van der Waals surface area contributed by atoms with E-state index in [0.29, 0.717) is 12.3 Å². The highest BCUT2D eigenvalue weighted by molar-refractivity contribution is 5.88. The first-order chi connectivity index (χ1) is 8.41. The maximum Gasteiger partial charge on any atom is 0.245 e. The summed E-state index contributed by atoms with van der Waals surface area (Å²) < 4.78 is 0. The van der Waals surface area contributed by atoms with Gasteiger partial charge in [-0.1, -0.05) is 27.7 Å². The van der Waals surface area contributed by atoms with Crippen molar-refractivity contribution < 1.29 is 9.59 Å². The molecule has 0 saturated carbocycles. The van der Waals surface area contributed by atoms with Crippen molar-refractivity contribution in [2.75, 3.05) is 13.1 Å². The molecule has 0 radical (unpaired) electrons. The summed E-state index contributed by atoms with van der Waals surface area (Å²) in [6, 6.07) is -0.366. The molecule has 18 heavy (non-hydrogen) atoms. The number of rotatable bonds is 5. The fraction of sp³-hybridized carbons (Fsp3) is 0.857. The van der Waals surface area contributed by atoms with Gasteiger partial charge in [0, 0.05) is 19.5 Å². The first-order valence-electron chi connectivity index (χ1n) is 7.00. The number of nitrogens with zero attached hydrogens (tertiary/aromatic N) is 1. The summed E-state index contributed by atoms with van der Waals surface area (Å²) in [6.45, 7) is 9.64. The number of hydrogen-bond donors (Lipinski definition) is 1. The molecule has 0 unspecified atom stereocenters. The van der Waals surface area contributed by atoms with Crippen LogP contribution in [0.4, 0.5) is 0 Å². The minimum Gasteiger partial charge on any atom is -0.344 e. The highest BCUT2D eigenvalue weighted by Gasteiger charge is 2.29. The molecule has 4 heteroatoms. The zero-order valence-electron chi connectivity index (χ0n) is 12.0. The lowest BCUT2D eigenvalue weighted by Gasteiger charge is -2.27. The molecule has 2 amide bonds. The van der Waals surface area contributed by atoms with Gasteiger partial charge in [0.1, 0.15) is 6.04 Å². The molecule has 1 saturated heterocycles. The molecule has 4 nitrogen and oxygen atoms in total. The third kappa shape index (κ3) is 4.31. The Bertz CT molecular complexity index is 294. The van der Waals surface area contributed by atoms with Gasteiger partial charge in [0.2, 0.25) is 11.8 Å². The van der Waals surface area contributed by atoms with Crippen LogP contribution >= 0.6 is 0 Å². The molecule has 104 valence electrons. The van der Waals surface area contributed by atoms with E-state index in [-0.39, 0.29) is 23.8 Å². The zero-order valence-corrected chi connectivity index (χ0v) is 12.0. The van der Waals surface area contributed by atoms with Crippen molar-refractivity contribution in [3.63, 3.8) is 0 Å². The smallest absolute Gasteiger partial charge is 0.245 e. The van der Waals surface area contributed by atoms with E-state index in [2.05, 4.69) is 5.32 Å². The molecule has 1 rings (SSSR count). The molecule has 1 aliphatic rings. The van der Waals surface area contributed by atoms with Gasteiger partial charge in [-0.3, -0.25) is 9.59 Å². The Morgan fingerprint density at radius 1 is 1.11 bits per heavy atom. The third-order valence-electron chi connectivity index (χ3n) is 3.26. The topological polar surface area (TPSA) is 49.4 Å². The van der Waals surface area contributed by atoms with E-state index in [1.54, 1.807) is 0 Å². The lowest BCUT2D eigenvalue weighted by atomic mass is 10.0. The van der Waals surface area contributed by atoms with Crippen molar-refractivity contribution in [1.29, 1.82) is 0 Å². The van der Waals surface area contributed by atoms with Gasteiger partial charge >= 0.3 is 0 Å². The SMILES string of the molecule is CC(C)CC(=O)N[C@@H](C(=O)N1CCCC1)C(C)C. The van der Waals surface area contributed by atoms with Crippen LogP contribution in [0.2, 0.25) is 0 Å². The van der Waals surface area contributed by atoms with E-state index < -0.39 is 0 Å². The molecule has 0 bridgehead atoms. The van der Waals surface area contributed by atoms with E-state index in [4.69, 9.17) is 0 Å². The second-order valence-corrected chi connectivity index (χ2v) is 5.92. The molecule has 1 atom stereocenters. The van der Waals surface area contributed by atoms with Gasteiger partial charge in [0.05, 0.1) is 0 Å². The number of hydrogen-bond acceptors (Lipinski definition) is 2. The van der Waals surface area contributed by atoms with Crippen LogP contribution in [0.15, 0.2) is 0 Å². The Hall–Kier alpha value is -1.06. The Morgan fingerprint density at radius 3 is 2.11 bits per heavy atom. The van der Waals surface area contributed by atoms with E-state index >= 15 is 0 Å². The minimum absolute atomic E-state index is 0.0174. The number of nitrogens with one attached hydrogen (secondary N) is 1. The lowest BCUT2D eigenvalue weighted by Crippen LogP contribution is -2.50. The predicted octanol–water partition coefficient (Wildman–Crippen LogP) is 1.80. The maximum atomic E-state index is 12.3. The van der Waals surface area contributed by atoms with E-state index in [9.17, 15) is 9.59 Å². The molecule has 1 aliphatic heterocycles. The summed E-state index contributed by atoms with van der Waals surface area (Å²) in [6.07, 6.45) is 2.64. The quantitative estimate of drug-likeness (QED) is 0.813. The molecule has 1 fully saturated rings. The van der Waals surface area contributed by atoms with Crippen molar-refractivity contribution in [3.05, 3.63) is 0 Å². The molecule has 0 aromatic carbocycles. The summed E-state index contributed by atoms with van der Waals surface area (Å²) in [4.78, 5) is 26.0. The van der Waals surface area contributed by atoms with Crippen molar-refractivity contribution >= 4 is 11.8 Å². The molecular weight excluding hydrogens is 228 g/mol. The summed E-state index contributed by atoms with van der Waals surface area (Å²) in [5.41, 5.74) is 0. The van der Waals surface area contributed by atoms with Gasteiger partial charge in [0.25, 0.3) is 0 Å². The highest BCUT2D eigenvalue weighted by atomic mass is 16.2. The second kappa shape index (κ2) is 6.76. The number of carbonyl (C=O) groups excluding carboxylic acids is 2. The molecule has 0 aromatic heterocycles. The van der Waals surface area contributed by atoms with Crippen molar-refractivity contribution in [2.24, 2.45) is 11.8 Å². The first-order valence-corrected chi connectivity index (χ1v) is 7.00. The standard InChI is InChI=1S/C14H26N2O2/c1-10(2)9-12(17)15-13(11(3)4)14(18)16-7-5-6-8-16/h10-11,13H,5-9H2,1-4H3,(H,15,17)/t13-/m1/s1. The lowest BCUT2D eigenvalue weighted by molar-refractivity contribution is -0.137. The highest BCUT2D eigenvalue weighted by Crippen LogP contribution is 2.13. The molecule has 0 spiro atoms. The Balaban J connectivity index is 2.58. The van der Waals surface area contributed by atoms with Crippen molar-refractivity contribution in [2.45, 2.75) is 53.0 Å². The van der Waals surface area contributed by atoms with Crippen LogP contribution in [0.3, 0.4) is 0 Å². The molecule has 0 aliphatic carbocycles. The van der Waals surface area contributed by atoms with Gasteiger partial charge < -0.3 is 10.2 Å². The van der Waals surface area contributed by atoms with Crippen molar-refractivity contribution in [3.8, 4) is 0 Å². The fourth-order valence-electron chi connectivity index (χ4n) is 2.25.